The van der Waals surface area contributed by atoms with Gasteiger partial charge in [-0.2, -0.15) is 0 Å². The summed E-state index contributed by atoms with van der Waals surface area (Å²) in [6.45, 7) is 2.06. The van der Waals surface area contributed by atoms with Crippen LogP contribution in [0.2, 0.25) is 0 Å². The van der Waals surface area contributed by atoms with E-state index < -0.39 is 0 Å². The van der Waals surface area contributed by atoms with Crippen LogP contribution in [0, 0.1) is 0 Å². The lowest BCUT2D eigenvalue weighted by atomic mass is 10.1. The number of nitrogens with zero attached hydrogens (tertiary/aromatic N) is 1. The zero-order chi connectivity index (χ0) is 16.9. The molecule has 1 N–H and O–H groups in total. The maximum Gasteiger partial charge on any atom is 0.217 e. The molecule has 24 heavy (non-hydrogen) atoms. The van der Waals surface area contributed by atoms with E-state index in [1.165, 1.54) is 6.92 Å². The second-order valence-corrected chi connectivity index (χ2v) is 6.23. The number of benzene rings is 2. The van der Waals surface area contributed by atoms with Crippen LogP contribution in [0.15, 0.2) is 53.9 Å². The zero-order valence-corrected chi connectivity index (χ0v) is 14.4. The predicted octanol–water partition coefficient (Wildman–Crippen LogP) is 4.12. The summed E-state index contributed by atoms with van der Waals surface area (Å²) in [5, 5.41) is 5.81. The number of ether oxygens (including phenoxy) is 1. The maximum atomic E-state index is 11.0. The number of methoxy groups -OCH3 is 1. The second kappa shape index (κ2) is 7.27. The van der Waals surface area contributed by atoms with Gasteiger partial charge in [0, 0.05) is 30.0 Å². The van der Waals surface area contributed by atoms with E-state index in [1.807, 2.05) is 48.5 Å². The van der Waals surface area contributed by atoms with Gasteiger partial charge in [-0.25, -0.2) is 4.98 Å². The summed E-state index contributed by atoms with van der Waals surface area (Å²) >= 11 is 1.61. The van der Waals surface area contributed by atoms with Crippen LogP contribution in [0.5, 0.6) is 5.75 Å². The number of aromatic nitrogens is 1. The molecule has 0 unspecified atom stereocenters. The molecule has 0 saturated carbocycles. The molecule has 5 heteroatoms. The highest BCUT2D eigenvalue weighted by molar-refractivity contribution is 7.13. The topological polar surface area (TPSA) is 51.2 Å². The van der Waals surface area contributed by atoms with Gasteiger partial charge in [-0.15, -0.1) is 11.3 Å². The molecule has 2 aromatic carbocycles. The standard InChI is InChI=1S/C19H18N2O2S/c1-13(22)20-11-14-6-8-15(9-7-14)18-12-24-19(21-18)16-4-3-5-17(10-16)23-2/h3-10,12H,11H2,1-2H3,(H,20,22). The van der Waals surface area contributed by atoms with Crippen molar-refractivity contribution in [1.82, 2.24) is 10.3 Å². The number of amides is 1. The van der Waals surface area contributed by atoms with Crippen molar-refractivity contribution in [2.24, 2.45) is 0 Å². The van der Waals surface area contributed by atoms with E-state index in [9.17, 15) is 4.79 Å². The van der Waals surface area contributed by atoms with E-state index in [1.54, 1.807) is 18.4 Å². The minimum atomic E-state index is -0.0264. The van der Waals surface area contributed by atoms with Gasteiger partial charge in [0.2, 0.25) is 5.91 Å². The minimum Gasteiger partial charge on any atom is -0.497 e. The molecule has 0 bridgehead atoms. The lowest BCUT2D eigenvalue weighted by Gasteiger charge is -2.03. The minimum absolute atomic E-state index is 0.0264. The summed E-state index contributed by atoms with van der Waals surface area (Å²) < 4.78 is 5.27. The van der Waals surface area contributed by atoms with Crippen molar-refractivity contribution in [3.05, 3.63) is 59.5 Å². The summed E-state index contributed by atoms with van der Waals surface area (Å²) in [5.74, 6) is 0.799. The van der Waals surface area contributed by atoms with Gasteiger partial charge in [-0.3, -0.25) is 4.79 Å². The Labute approximate surface area is 145 Å². The van der Waals surface area contributed by atoms with Gasteiger partial charge < -0.3 is 10.1 Å². The molecule has 1 heterocycles. The lowest BCUT2D eigenvalue weighted by molar-refractivity contribution is -0.119. The Morgan fingerprint density at radius 2 is 1.96 bits per heavy atom. The molecule has 0 aliphatic rings. The Bertz CT molecular complexity index is 841. The van der Waals surface area contributed by atoms with Crippen molar-refractivity contribution >= 4 is 17.2 Å². The van der Waals surface area contributed by atoms with E-state index in [-0.39, 0.29) is 5.91 Å². The number of carbonyl (C=O) groups is 1. The van der Waals surface area contributed by atoms with Crippen molar-refractivity contribution in [2.75, 3.05) is 7.11 Å². The van der Waals surface area contributed by atoms with Crippen molar-refractivity contribution in [3.8, 4) is 27.6 Å². The molecular weight excluding hydrogens is 320 g/mol. The molecule has 0 saturated heterocycles. The third kappa shape index (κ3) is 3.81. The van der Waals surface area contributed by atoms with E-state index in [0.29, 0.717) is 6.54 Å². The number of hydrogen-bond donors (Lipinski definition) is 1. The molecule has 3 aromatic rings. The Hall–Kier alpha value is -2.66. The number of thiazole rings is 1. The quantitative estimate of drug-likeness (QED) is 0.761. The molecule has 0 aliphatic heterocycles. The van der Waals surface area contributed by atoms with Gasteiger partial charge in [0.15, 0.2) is 0 Å². The molecule has 122 valence electrons. The van der Waals surface area contributed by atoms with Gasteiger partial charge in [-0.05, 0) is 17.7 Å². The van der Waals surface area contributed by atoms with Crippen LogP contribution in [0.25, 0.3) is 21.8 Å². The molecular formula is C19H18N2O2S. The van der Waals surface area contributed by atoms with Gasteiger partial charge >= 0.3 is 0 Å². The molecule has 0 spiro atoms. The summed E-state index contributed by atoms with van der Waals surface area (Å²) in [6, 6.07) is 16.0. The highest BCUT2D eigenvalue weighted by atomic mass is 32.1. The Balaban J connectivity index is 1.78. The first-order chi connectivity index (χ1) is 11.7. The highest BCUT2D eigenvalue weighted by Gasteiger charge is 2.08. The fourth-order valence-corrected chi connectivity index (χ4v) is 3.14. The lowest BCUT2D eigenvalue weighted by Crippen LogP contribution is -2.18. The SMILES string of the molecule is COc1cccc(-c2nc(-c3ccc(CNC(C)=O)cc3)cs2)c1. The fourth-order valence-electron chi connectivity index (χ4n) is 2.31. The van der Waals surface area contributed by atoms with E-state index >= 15 is 0 Å². The summed E-state index contributed by atoms with van der Waals surface area (Å²) in [4.78, 5) is 15.7. The molecule has 4 nitrogen and oxygen atoms in total. The Morgan fingerprint density at radius 1 is 1.17 bits per heavy atom. The van der Waals surface area contributed by atoms with Crippen LogP contribution in [-0.4, -0.2) is 18.0 Å². The zero-order valence-electron chi connectivity index (χ0n) is 13.6. The summed E-state index contributed by atoms with van der Waals surface area (Å²) in [7, 11) is 1.66. The normalized spacial score (nSPS) is 10.4. The molecule has 1 aromatic heterocycles. The summed E-state index contributed by atoms with van der Waals surface area (Å²) in [6.07, 6.45) is 0. The molecule has 3 rings (SSSR count). The van der Waals surface area contributed by atoms with Crippen LogP contribution in [0.3, 0.4) is 0 Å². The first-order valence-corrected chi connectivity index (χ1v) is 8.47. The summed E-state index contributed by atoms with van der Waals surface area (Å²) in [5.41, 5.74) is 4.13. The van der Waals surface area contributed by atoms with Crippen LogP contribution in [0.1, 0.15) is 12.5 Å². The van der Waals surface area contributed by atoms with Crippen LogP contribution in [0.4, 0.5) is 0 Å². The smallest absolute Gasteiger partial charge is 0.217 e. The van der Waals surface area contributed by atoms with Crippen molar-refractivity contribution < 1.29 is 9.53 Å². The first kappa shape index (κ1) is 16.2. The monoisotopic (exact) mass is 338 g/mol. The maximum absolute atomic E-state index is 11.0. The van der Waals surface area contributed by atoms with E-state index in [2.05, 4.69) is 10.7 Å². The van der Waals surface area contributed by atoms with Crippen molar-refractivity contribution in [1.29, 1.82) is 0 Å². The number of rotatable bonds is 5. The molecule has 0 atom stereocenters. The fraction of sp³-hybridized carbons (Fsp3) is 0.158. The number of carbonyl (C=O) groups excluding carboxylic acids is 1. The van der Waals surface area contributed by atoms with Gasteiger partial charge in [0.05, 0.1) is 12.8 Å². The average molecular weight is 338 g/mol. The Morgan fingerprint density at radius 3 is 2.67 bits per heavy atom. The second-order valence-electron chi connectivity index (χ2n) is 5.38. The number of hydrogen-bond acceptors (Lipinski definition) is 4. The molecule has 0 fully saturated rings. The van der Waals surface area contributed by atoms with Crippen molar-refractivity contribution in [2.45, 2.75) is 13.5 Å². The highest BCUT2D eigenvalue weighted by Crippen LogP contribution is 2.30. The van der Waals surface area contributed by atoms with Gasteiger partial charge in [-0.1, -0.05) is 36.4 Å². The third-order valence-electron chi connectivity index (χ3n) is 3.61. The average Bonchev–Trinajstić information content (AvgIpc) is 3.10. The molecule has 0 radical (unpaired) electrons. The van der Waals surface area contributed by atoms with E-state index in [4.69, 9.17) is 9.72 Å². The molecule has 1 amide bonds. The third-order valence-corrected chi connectivity index (χ3v) is 4.50. The largest absolute Gasteiger partial charge is 0.497 e. The van der Waals surface area contributed by atoms with Gasteiger partial charge in [0.25, 0.3) is 0 Å². The number of nitrogens with one attached hydrogen (secondary N) is 1. The van der Waals surface area contributed by atoms with Crippen LogP contribution < -0.4 is 10.1 Å². The predicted molar refractivity (Wildman–Crippen MR) is 97.1 cm³/mol. The van der Waals surface area contributed by atoms with Crippen molar-refractivity contribution in [3.63, 3.8) is 0 Å². The van der Waals surface area contributed by atoms with Gasteiger partial charge in [0.1, 0.15) is 10.8 Å². The van der Waals surface area contributed by atoms with Crippen LogP contribution >= 0.6 is 11.3 Å². The Kier molecular flexibility index (Phi) is 4.91. The first-order valence-electron chi connectivity index (χ1n) is 7.59. The van der Waals surface area contributed by atoms with Crippen LogP contribution in [-0.2, 0) is 11.3 Å². The van der Waals surface area contributed by atoms with E-state index in [0.717, 1.165) is 33.1 Å². The molecule has 0 aliphatic carbocycles.